The number of methoxy groups -OCH3 is 2. The van der Waals surface area contributed by atoms with Gasteiger partial charge < -0.3 is 19.4 Å². The lowest BCUT2D eigenvalue weighted by Crippen LogP contribution is -2.16. The van der Waals surface area contributed by atoms with Crippen molar-refractivity contribution in [2.75, 3.05) is 14.2 Å². The second kappa shape index (κ2) is 5.65. The third kappa shape index (κ3) is 2.34. The van der Waals surface area contributed by atoms with E-state index in [2.05, 4.69) is 19.4 Å². The minimum absolute atomic E-state index is 0.0167. The molecule has 0 fully saturated rings. The maximum Gasteiger partial charge on any atom is 0.354 e. The van der Waals surface area contributed by atoms with Crippen molar-refractivity contribution in [3.05, 3.63) is 56.1 Å². The Morgan fingerprint density at radius 2 is 1.17 bits per heavy atom. The molecule has 0 unspecified atom stereocenters. The van der Waals surface area contributed by atoms with Crippen molar-refractivity contribution in [3.8, 4) is 0 Å². The number of carbonyl (C=O) groups excluding carboxylic acids is 2. The van der Waals surface area contributed by atoms with E-state index in [-0.39, 0.29) is 22.2 Å². The molecular weight excluding hydrogens is 316 g/mol. The molecule has 8 nitrogen and oxygen atoms in total. The summed E-state index contributed by atoms with van der Waals surface area (Å²) < 4.78 is 9.15. The van der Waals surface area contributed by atoms with Gasteiger partial charge in [-0.3, -0.25) is 9.59 Å². The zero-order valence-corrected chi connectivity index (χ0v) is 12.8. The van der Waals surface area contributed by atoms with Gasteiger partial charge in [0, 0.05) is 12.1 Å². The van der Waals surface area contributed by atoms with Crippen LogP contribution in [0, 0.1) is 0 Å². The molecule has 0 spiro atoms. The van der Waals surface area contributed by atoms with Crippen LogP contribution >= 0.6 is 0 Å². The lowest BCUT2D eigenvalue weighted by atomic mass is 10.1. The number of benzene rings is 1. The molecule has 0 aliphatic heterocycles. The van der Waals surface area contributed by atoms with E-state index in [1.807, 2.05) is 0 Å². The lowest BCUT2D eigenvalue weighted by Gasteiger charge is -2.07. The van der Waals surface area contributed by atoms with E-state index in [1.54, 1.807) is 0 Å². The molecule has 2 aromatic heterocycles. The van der Waals surface area contributed by atoms with Crippen molar-refractivity contribution in [1.82, 2.24) is 9.97 Å². The molecule has 0 bridgehead atoms. The number of aromatic amines is 2. The van der Waals surface area contributed by atoms with Crippen molar-refractivity contribution in [1.29, 1.82) is 0 Å². The van der Waals surface area contributed by atoms with Crippen molar-refractivity contribution in [2.45, 2.75) is 0 Å². The molecule has 0 aliphatic rings. The van der Waals surface area contributed by atoms with Crippen LogP contribution in [0.5, 0.6) is 0 Å². The molecule has 122 valence electrons. The molecule has 0 saturated heterocycles. The second-order valence-electron chi connectivity index (χ2n) is 4.99. The minimum atomic E-state index is -0.691. The summed E-state index contributed by atoms with van der Waals surface area (Å²) in [5.41, 5.74) is -0.426. The second-order valence-corrected chi connectivity index (χ2v) is 4.99. The van der Waals surface area contributed by atoms with Gasteiger partial charge in [0.2, 0.25) is 0 Å². The SMILES string of the molecule is COC(=O)c1cc(=O)c2c(ccc3[nH]c(C(=O)OC)cc(=O)c32)[nH]1. The Morgan fingerprint density at radius 1 is 0.792 bits per heavy atom. The average molecular weight is 328 g/mol. The van der Waals surface area contributed by atoms with Gasteiger partial charge in [-0.2, -0.15) is 0 Å². The van der Waals surface area contributed by atoms with Gasteiger partial charge in [0.05, 0.1) is 36.0 Å². The topological polar surface area (TPSA) is 118 Å². The Kier molecular flexibility index (Phi) is 3.64. The summed E-state index contributed by atoms with van der Waals surface area (Å²) in [7, 11) is 2.40. The molecule has 24 heavy (non-hydrogen) atoms. The molecule has 0 saturated carbocycles. The first-order valence-electron chi connectivity index (χ1n) is 6.86. The van der Waals surface area contributed by atoms with Crippen molar-refractivity contribution in [3.63, 3.8) is 0 Å². The fourth-order valence-corrected chi connectivity index (χ4v) is 2.53. The monoisotopic (exact) mass is 328 g/mol. The molecular formula is C16H12N2O6. The predicted octanol–water partition coefficient (Wildman–Crippen LogP) is 0.943. The largest absolute Gasteiger partial charge is 0.464 e. The highest BCUT2D eigenvalue weighted by Crippen LogP contribution is 2.18. The number of rotatable bonds is 2. The molecule has 0 atom stereocenters. The Labute approximate surface area is 134 Å². The van der Waals surface area contributed by atoms with Crippen molar-refractivity contribution in [2.24, 2.45) is 0 Å². The van der Waals surface area contributed by atoms with Gasteiger partial charge >= 0.3 is 11.9 Å². The number of fused-ring (bicyclic) bond motifs is 3. The summed E-state index contributed by atoms with van der Waals surface area (Å²) in [5, 5.41) is 0.246. The highest BCUT2D eigenvalue weighted by molar-refractivity contribution is 6.06. The number of aromatic nitrogens is 2. The third-order valence-corrected chi connectivity index (χ3v) is 3.60. The Hall–Kier alpha value is -3.42. The normalized spacial score (nSPS) is 10.8. The van der Waals surface area contributed by atoms with Crippen LogP contribution in [0.25, 0.3) is 21.8 Å². The maximum atomic E-state index is 12.4. The molecule has 0 amide bonds. The van der Waals surface area contributed by atoms with Crippen LogP contribution in [0.2, 0.25) is 0 Å². The number of nitrogens with one attached hydrogen (secondary N) is 2. The average Bonchev–Trinajstić information content (AvgIpc) is 2.59. The van der Waals surface area contributed by atoms with Gasteiger partial charge in [0.15, 0.2) is 10.9 Å². The molecule has 0 radical (unpaired) electrons. The van der Waals surface area contributed by atoms with Gasteiger partial charge in [-0.25, -0.2) is 9.59 Å². The lowest BCUT2D eigenvalue weighted by molar-refractivity contribution is 0.0585. The van der Waals surface area contributed by atoms with Crippen LogP contribution in [0.1, 0.15) is 21.0 Å². The van der Waals surface area contributed by atoms with E-state index in [1.165, 1.54) is 26.4 Å². The Bertz CT molecular complexity index is 1020. The highest BCUT2D eigenvalue weighted by atomic mass is 16.5. The van der Waals surface area contributed by atoms with Gasteiger partial charge in [0.1, 0.15) is 11.4 Å². The van der Waals surface area contributed by atoms with Gasteiger partial charge in [-0.15, -0.1) is 0 Å². The van der Waals surface area contributed by atoms with Gasteiger partial charge in [0.25, 0.3) is 0 Å². The molecule has 3 aromatic rings. The predicted molar refractivity (Wildman–Crippen MR) is 85.4 cm³/mol. The van der Waals surface area contributed by atoms with Crippen LogP contribution in [-0.2, 0) is 9.47 Å². The molecule has 3 rings (SSSR count). The Morgan fingerprint density at radius 3 is 1.50 bits per heavy atom. The fraction of sp³-hybridized carbons (Fsp3) is 0.125. The summed E-state index contributed by atoms with van der Waals surface area (Å²) in [5.74, 6) is -1.38. The Balaban J connectivity index is 2.39. The number of pyridine rings is 2. The third-order valence-electron chi connectivity index (χ3n) is 3.60. The van der Waals surface area contributed by atoms with E-state index < -0.39 is 22.8 Å². The van der Waals surface area contributed by atoms with Crippen LogP contribution in [-0.4, -0.2) is 36.1 Å². The summed E-state index contributed by atoms with van der Waals surface area (Å²) in [6.07, 6.45) is 0. The summed E-state index contributed by atoms with van der Waals surface area (Å²) in [6, 6.07) is 5.20. The quantitative estimate of drug-likeness (QED) is 0.534. The van der Waals surface area contributed by atoms with Gasteiger partial charge in [-0.05, 0) is 12.1 Å². The summed E-state index contributed by atoms with van der Waals surface area (Å²) in [6.45, 7) is 0. The number of hydrogen-bond donors (Lipinski definition) is 2. The van der Waals surface area contributed by atoms with Gasteiger partial charge in [-0.1, -0.05) is 0 Å². The fourth-order valence-electron chi connectivity index (χ4n) is 2.53. The summed E-state index contributed by atoms with van der Waals surface area (Å²) >= 11 is 0. The molecule has 2 N–H and O–H groups in total. The minimum Gasteiger partial charge on any atom is -0.464 e. The number of ether oxygens (including phenoxy) is 2. The van der Waals surface area contributed by atoms with Crippen molar-refractivity contribution >= 4 is 33.7 Å². The smallest absolute Gasteiger partial charge is 0.354 e. The van der Waals surface area contributed by atoms with E-state index in [9.17, 15) is 19.2 Å². The standard InChI is InChI=1S/C16H12N2O6/c1-23-15(21)9-5-11(19)13-7(17-9)3-4-8-14(13)12(20)6-10(18-8)16(22)24-2/h3-6H,1-2H3,(H,17,19)(H,18,20). The molecule has 8 heteroatoms. The zero-order valence-electron chi connectivity index (χ0n) is 12.8. The molecule has 2 heterocycles. The van der Waals surface area contributed by atoms with E-state index in [0.29, 0.717) is 11.0 Å². The number of H-pyrrole nitrogens is 2. The zero-order chi connectivity index (χ0) is 17.4. The van der Waals surface area contributed by atoms with Crippen molar-refractivity contribution < 1.29 is 19.1 Å². The molecule has 1 aromatic carbocycles. The van der Waals surface area contributed by atoms with Crippen LogP contribution in [0.4, 0.5) is 0 Å². The maximum absolute atomic E-state index is 12.4. The molecule has 0 aliphatic carbocycles. The van der Waals surface area contributed by atoms with Crippen LogP contribution in [0.15, 0.2) is 33.9 Å². The number of carbonyl (C=O) groups is 2. The van der Waals surface area contributed by atoms with Crippen LogP contribution < -0.4 is 10.9 Å². The first-order valence-corrected chi connectivity index (χ1v) is 6.86. The highest BCUT2D eigenvalue weighted by Gasteiger charge is 2.16. The van der Waals surface area contributed by atoms with Crippen LogP contribution in [0.3, 0.4) is 0 Å². The first-order chi connectivity index (χ1) is 11.5. The first kappa shape index (κ1) is 15.5. The number of esters is 2. The van der Waals surface area contributed by atoms with E-state index >= 15 is 0 Å². The van der Waals surface area contributed by atoms with E-state index in [0.717, 1.165) is 12.1 Å². The number of hydrogen-bond acceptors (Lipinski definition) is 6. The summed E-state index contributed by atoms with van der Waals surface area (Å²) in [4.78, 5) is 53.5. The van der Waals surface area contributed by atoms with E-state index in [4.69, 9.17) is 0 Å².